The minimum absolute atomic E-state index is 0.653. The van der Waals surface area contributed by atoms with Gasteiger partial charge in [-0.05, 0) is 37.4 Å². The van der Waals surface area contributed by atoms with E-state index in [4.69, 9.17) is 4.52 Å². The summed E-state index contributed by atoms with van der Waals surface area (Å²) < 4.78 is 5.40. The topological polar surface area (TPSA) is 41.3 Å². The van der Waals surface area contributed by atoms with Crippen molar-refractivity contribution in [3.63, 3.8) is 0 Å². The van der Waals surface area contributed by atoms with Crippen molar-refractivity contribution in [2.24, 2.45) is 5.92 Å². The average Bonchev–Trinajstić information content (AvgIpc) is 3.08. The summed E-state index contributed by atoms with van der Waals surface area (Å²) in [5.41, 5.74) is 0.984. The van der Waals surface area contributed by atoms with Crippen LogP contribution in [0.1, 0.15) is 30.2 Å². The van der Waals surface area contributed by atoms with Crippen LogP contribution in [0.15, 0.2) is 28.1 Å². The Morgan fingerprint density at radius 3 is 3.00 bits per heavy atom. The molecule has 0 aliphatic carbocycles. The van der Waals surface area contributed by atoms with Crippen molar-refractivity contribution < 1.29 is 4.52 Å². The number of nitrogens with zero attached hydrogens (tertiary/aromatic N) is 2. The van der Waals surface area contributed by atoms with Gasteiger partial charge in [-0.15, -0.1) is 11.3 Å². The van der Waals surface area contributed by atoms with Crippen LogP contribution in [0.25, 0.3) is 0 Å². The van der Waals surface area contributed by atoms with Crippen molar-refractivity contribution in [2.75, 3.05) is 20.1 Å². The number of aromatic nitrogens is 1. The van der Waals surface area contributed by atoms with Gasteiger partial charge < -0.3 is 9.84 Å². The lowest BCUT2D eigenvalue weighted by molar-refractivity contribution is 0.274. The molecule has 0 saturated carbocycles. The normalized spacial score (nSPS) is 11.7. The van der Waals surface area contributed by atoms with E-state index in [2.05, 4.69) is 59.8 Å². The monoisotopic (exact) mass is 307 g/mol. The first-order chi connectivity index (χ1) is 10.1. The highest BCUT2D eigenvalue weighted by atomic mass is 32.1. The Balaban J connectivity index is 1.71. The highest BCUT2D eigenvalue weighted by Gasteiger charge is 2.08. The van der Waals surface area contributed by atoms with Crippen LogP contribution in [-0.4, -0.2) is 30.2 Å². The van der Waals surface area contributed by atoms with Gasteiger partial charge in [0.05, 0.1) is 12.2 Å². The first-order valence-electron chi connectivity index (χ1n) is 7.49. The molecule has 0 unspecified atom stereocenters. The molecule has 2 aromatic rings. The van der Waals surface area contributed by atoms with Gasteiger partial charge in [-0.25, -0.2) is 0 Å². The van der Waals surface area contributed by atoms with Gasteiger partial charge in [0.1, 0.15) is 0 Å². The predicted octanol–water partition coefficient (Wildman–Crippen LogP) is 3.16. The largest absolute Gasteiger partial charge is 0.360 e. The smallest absolute Gasteiger partial charge is 0.151 e. The fourth-order valence-electron chi connectivity index (χ4n) is 2.10. The van der Waals surface area contributed by atoms with E-state index in [0.717, 1.165) is 44.1 Å². The maximum Gasteiger partial charge on any atom is 0.151 e. The van der Waals surface area contributed by atoms with Gasteiger partial charge >= 0.3 is 0 Å². The summed E-state index contributed by atoms with van der Waals surface area (Å²) in [6.07, 6.45) is 1.09. The van der Waals surface area contributed by atoms with Crippen molar-refractivity contribution in [1.82, 2.24) is 15.4 Å². The zero-order chi connectivity index (χ0) is 15.1. The molecule has 0 atom stereocenters. The van der Waals surface area contributed by atoms with Gasteiger partial charge in [-0.2, -0.15) is 0 Å². The molecule has 0 amide bonds. The second-order valence-electron chi connectivity index (χ2n) is 5.88. The van der Waals surface area contributed by atoms with Crippen molar-refractivity contribution in [3.05, 3.63) is 39.9 Å². The van der Waals surface area contributed by atoms with E-state index in [-0.39, 0.29) is 0 Å². The molecule has 21 heavy (non-hydrogen) atoms. The van der Waals surface area contributed by atoms with Gasteiger partial charge in [0.2, 0.25) is 0 Å². The summed E-state index contributed by atoms with van der Waals surface area (Å²) in [7, 11) is 2.12. The molecule has 116 valence electrons. The van der Waals surface area contributed by atoms with Crippen LogP contribution in [0.2, 0.25) is 0 Å². The second kappa shape index (κ2) is 8.32. The zero-order valence-corrected chi connectivity index (χ0v) is 13.9. The van der Waals surface area contributed by atoms with Crippen molar-refractivity contribution in [1.29, 1.82) is 0 Å². The number of thiophene rings is 1. The lowest BCUT2D eigenvalue weighted by atomic mass is 10.2. The highest BCUT2D eigenvalue weighted by molar-refractivity contribution is 7.09. The Labute approximate surface area is 131 Å². The summed E-state index contributed by atoms with van der Waals surface area (Å²) in [4.78, 5) is 3.70. The van der Waals surface area contributed by atoms with Gasteiger partial charge in [0, 0.05) is 24.0 Å². The highest BCUT2D eigenvalue weighted by Crippen LogP contribution is 2.11. The van der Waals surface area contributed by atoms with Gasteiger partial charge in [0.15, 0.2) is 5.76 Å². The number of hydrogen-bond donors (Lipinski definition) is 1. The van der Waals surface area contributed by atoms with Crippen LogP contribution < -0.4 is 5.32 Å². The summed E-state index contributed by atoms with van der Waals surface area (Å²) in [5, 5.41) is 9.62. The second-order valence-corrected chi connectivity index (χ2v) is 6.91. The van der Waals surface area contributed by atoms with E-state index < -0.39 is 0 Å². The van der Waals surface area contributed by atoms with E-state index in [1.807, 2.05) is 11.3 Å². The van der Waals surface area contributed by atoms with Crippen molar-refractivity contribution in [2.45, 2.75) is 33.4 Å². The SMILES string of the molecule is CC(C)CNCc1cc(CN(C)CCc2cccs2)on1. The third-order valence-corrected chi connectivity index (χ3v) is 4.15. The first kappa shape index (κ1) is 16.2. The molecule has 4 nitrogen and oxygen atoms in total. The first-order valence-corrected chi connectivity index (χ1v) is 8.37. The number of rotatable bonds is 9. The molecule has 5 heteroatoms. The molecule has 0 aromatic carbocycles. The Morgan fingerprint density at radius 2 is 2.29 bits per heavy atom. The minimum Gasteiger partial charge on any atom is -0.360 e. The summed E-state index contributed by atoms with van der Waals surface area (Å²) in [6.45, 7) is 8.02. The molecule has 0 bridgehead atoms. The molecule has 0 saturated heterocycles. The van der Waals surface area contributed by atoms with E-state index in [9.17, 15) is 0 Å². The average molecular weight is 307 g/mol. The lowest BCUT2D eigenvalue weighted by Crippen LogP contribution is -2.20. The molecule has 2 heterocycles. The maximum atomic E-state index is 5.40. The Kier molecular flexibility index (Phi) is 6.42. The molecular formula is C16H25N3OS. The molecule has 0 radical (unpaired) electrons. The molecule has 0 fully saturated rings. The quantitative estimate of drug-likeness (QED) is 0.772. The molecule has 1 N–H and O–H groups in total. The van der Waals surface area contributed by atoms with Crippen LogP contribution >= 0.6 is 11.3 Å². The van der Waals surface area contributed by atoms with Crippen molar-refractivity contribution >= 4 is 11.3 Å². The molecular weight excluding hydrogens is 282 g/mol. The van der Waals surface area contributed by atoms with E-state index in [1.165, 1.54) is 4.88 Å². The number of likely N-dealkylation sites (N-methyl/N-ethyl adjacent to an activating group) is 1. The third kappa shape index (κ3) is 5.99. The Bertz CT molecular complexity index is 507. The summed E-state index contributed by atoms with van der Waals surface area (Å²) in [6, 6.07) is 6.34. The summed E-state index contributed by atoms with van der Waals surface area (Å²) in [5.74, 6) is 1.59. The number of hydrogen-bond acceptors (Lipinski definition) is 5. The van der Waals surface area contributed by atoms with Gasteiger partial charge in [-0.1, -0.05) is 25.1 Å². The lowest BCUT2D eigenvalue weighted by Gasteiger charge is -2.13. The minimum atomic E-state index is 0.653. The Hall–Kier alpha value is -1.17. The molecule has 2 rings (SSSR count). The zero-order valence-electron chi connectivity index (χ0n) is 13.1. The fraction of sp³-hybridized carbons (Fsp3) is 0.562. The van der Waals surface area contributed by atoms with Crippen LogP contribution in [-0.2, 0) is 19.5 Å². The predicted molar refractivity (Wildman–Crippen MR) is 87.4 cm³/mol. The van der Waals surface area contributed by atoms with Gasteiger partial charge in [-0.3, -0.25) is 4.90 Å². The maximum absolute atomic E-state index is 5.40. The standard InChI is InChI=1S/C16H25N3OS/c1-13(2)10-17-11-14-9-15(20-18-14)12-19(3)7-6-16-5-4-8-21-16/h4-5,8-9,13,17H,6-7,10-12H2,1-3H3. The van der Waals surface area contributed by atoms with Crippen molar-refractivity contribution in [3.8, 4) is 0 Å². The molecule has 2 aromatic heterocycles. The van der Waals surface area contributed by atoms with Crippen LogP contribution in [0.4, 0.5) is 0 Å². The molecule has 0 aliphatic heterocycles. The fourth-order valence-corrected chi connectivity index (χ4v) is 2.80. The number of nitrogens with one attached hydrogen (secondary N) is 1. The summed E-state index contributed by atoms with van der Waals surface area (Å²) >= 11 is 1.82. The van der Waals surface area contributed by atoms with E-state index >= 15 is 0 Å². The third-order valence-electron chi connectivity index (χ3n) is 3.21. The van der Waals surface area contributed by atoms with Crippen LogP contribution in [0.3, 0.4) is 0 Å². The van der Waals surface area contributed by atoms with E-state index in [0.29, 0.717) is 5.92 Å². The van der Waals surface area contributed by atoms with Gasteiger partial charge in [0.25, 0.3) is 0 Å². The van der Waals surface area contributed by atoms with Crippen LogP contribution in [0, 0.1) is 5.92 Å². The molecule has 0 spiro atoms. The van der Waals surface area contributed by atoms with Crippen LogP contribution in [0.5, 0.6) is 0 Å². The van der Waals surface area contributed by atoms with E-state index in [1.54, 1.807) is 0 Å². The molecule has 0 aliphatic rings. The Morgan fingerprint density at radius 1 is 1.43 bits per heavy atom.